The molecule has 0 nitrogen and oxygen atoms in total. The lowest BCUT2D eigenvalue weighted by atomic mass is 9.81. The maximum absolute atomic E-state index is 2.50. The number of hydrogen-bond donors (Lipinski definition) is 0. The minimum absolute atomic E-state index is 0.0338. The summed E-state index contributed by atoms with van der Waals surface area (Å²) in [6, 6.07) is 0. The van der Waals surface area contributed by atoms with Crippen molar-refractivity contribution in [3.8, 4) is 0 Å². The molecule has 0 spiro atoms. The van der Waals surface area contributed by atoms with Crippen molar-refractivity contribution in [1.82, 2.24) is 0 Å². The molecule has 1 fully saturated rings. The predicted octanol–water partition coefficient (Wildman–Crippen LogP) is 8.95. The molecular weight excluding hydrogens is 350 g/mol. The zero-order valence-corrected chi connectivity index (χ0v) is 22.1. The zero-order valence-electron chi connectivity index (χ0n) is 20.3. The molecule has 0 N–H and O–H groups in total. The summed E-state index contributed by atoms with van der Waals surface area (Å²) in [4.78, 5) is 0. The highest BCUT2D eigenvalue weighted by molar-refractivity contribution is 7.61. The minimum Gasteiger partial charge on any atom is -0.0954 e. The molecule has 1 saturated carbocycles. The Kier molecular flexibility index (Phi) is 8.33. The Balaban J connectivity index is 3.03. The Bertz CT molecular complexity index is 355. The molecule has 1 aliphatic rings. The summed E-state index contributed by atoms with van der Waals surface area (Å²) in [5.74, 6) is 1.95. The van der Waals surface area contributed by atoms with E-state index >= 15 is 0 Å². The third-order valence-corrected chi connectivity index (χ3v) is 14.3. The van der Waals surface area contributed by atoms with Crippen LogP contribution in [-0.2, 0) is 0 Å². The lowest BCUT2D eigenvalue weighted by Gasteiger charge is -2.48. The lowest BCUT2D eigenvalue weighted by Crippen LogP contribution is -2.35. The first-order valence-electron chi connectivity index (χ1n) is 11.0. The summed E-state index contributed by atoms with van der Waals surface area (Å²) < 4.78 is 0. The van der Waals surface area contributed by atoms with Gasteiger partial charge in [0.05, 0.1) is 0 Å². The molecule has 0 aliphatic heterocycles. The molecule has 26 heavy (non-hydrogen) atoms. The average Bonchev–Trinajstić information content (AvgIpc) is 2.38. The quantitative estimate of drug-likeness (QED) is 0.413. The molecule has 0 aromatic carbocycles. The van der Waals surface area contributed by atoms with Crippen LogP contribution in [0, 0.1) is 11.8 Å². The van der Waals surface area contributed by atoms with E-state index in [1.165, 1.54) is 38.0 Å². The second-order valence-electron chi connectivity index (χ2n) is 12.7. The molecule has 0 radical (unpaired) electrons. The lowest BCUT2D eigenvalue weighted by molar-refractivity contribution is 0.281. The zero-order chi connectivity index (χ0) is 20.6. The molecule has 1 rings (SSSR count). The summed E-state index contributed by atoms with van der Waals surface area (Å²) in [5, 5.41) is 1.87. The van der Waals surface area contributed by atoms with E-state index in [0.29, 0.717) is 20.6 Å². The van der Waals surface area contributed by atoms with Gasteiger partial charge in [-0.3, -0.25) is 0 Å². The van der Waals surface area contributed by atoms with Crippen LogP contribution in [0.15, 0.2) is 0 Å². The molecule has 1 aliphatic carbocycles. The van der Waals surface area contributed by atoms with Crippen LogP contribution in [0.5, 0.6) is 0 Å². The second kappa shape index (κ2) is 8.70. The molecule has 0 unspecified atom stereocenters. The van der Waals surface area contributed by atoms with Crippen LogP contribution in [0.2, 0.25) is 0 Å². The standard InChI is InChI=1S/C24H50P2/c1-21(2,3)25(22(4,5)6)17-19-15-13-14-16-20(19)18-26(23(7,8)9)24(10,11)12/h19-20H,13-18H2,1-12H3/t19-,20-/m0/s1. The Morgan fingerprint density at radius 2 is 0.731 bits per heavy atom. The van der Waals surface area contributed by atoms with Crippen molar-refractivity contribution in [1.29, 1.82) is 0 Å². The van der Waals surface area contributed by atoms with Crippen LogP contribution in [0.1, 0.15) is 109 Å². The van der Waals surface area contributed by atoms with Crippen LogP contribution in [0.3, 0.4) is 0 Å². The molecule has 0 bridgehead atoms. The SMILES string of the molecule is CC(C)(C)P(C[C@@H]1CCCC[C@H]1CP(C(C)(C)C)C(C)(C)C)C(C)(C)C. The van der Waals surface area contributed by atoms with E-state index in [1.807, 2.05) is 0 Å². The molecule has 156 valence electrons. The smallest absolute Gasteiger partial charge is 0.0175 e. The third-order valence-electron chi connectivity index (χ3n) is 6.14. The van der Waals surface area contributed by atoms with Crippen LogP contribution < -0.4 is 0 Å². The Hall–Kier alpha value is 0.860. The third kappa shape index (κ3) is 7.36. The maximum atomic E-state index is 2.50. The van der Waals surface area contributed by atoms with Crippen molar-refractivity contribution in [2.45, 2.75) is 129 Å². The Labute approximate surface area is 169 Å². The van der Waals surface area contributed by atoms with E-state index < -0.39 is 0 Å². The van der Waals surface area contributed by atoms with Crippen molar-refractivity contribution in [3.63, 3.8) is 0 Å². The Morgan fingerprint density at radius 1 is 0.500 bits per heavy atom. The van der Waals surface area contributed by atoms with Gasteiger partial charge < -0.3 is 0 Å². The fourth-order valence-electron chi connectivity index (χ4n) is 5.34. The van der Waals surface area contributed by atoms with Gasteiger partial charge in [-0.05, 0) is 57.6 Å². The first-order valence-corrected chi connectivity index (χ1v) is 14.0. The molecule has 2 atom stereocenters. The van der Waals surface area contributed by atoms with E-state index in [0.717, 1.165) is 11.8 Å². The van der Waals surface area contributed by atoms with E-state index in [1.54, 1.807) is 0 Å². The summed E-state index contributed by atoms with van der Waals surface area (Å²) in [6.45, 7) is 30.0. The van der Waals surface area contributed by atoms with Crippen molar-refractivity contribution in [2.24, 2.45) is 11.8 Å². The van der Waals surface area contributed by atoms with Gasteiger partial charge in [0.15, 0.2) is 0 Å². The van der Waals surface area contributed by atoms with Gasteiger partial charge in [-0.2, -0.15) is 0 Å². The molecule has 0 aromatic rings. The van der Waals surface area contributed by atoms with Crippen molar-refractivity contribution >= 4 is 15.8 Å². The monoisotopic (exact) mass is 400 g/mol. The summed E-state index contributed by atoms with van der Waals surface area (Å²) in [6.07, 6.45) is 8.94. The molecule has 0 amide bonds. The van der Waals surface area contributed by atoms with Gasteiger partial charge in [-0.1, -0.05) is 112 Å². The largest absolute Gasteiger partial charge is 0.0954 e. The highest BCUT2D eigenvalue weighted by atomic mass is 31.1. The number of hydrogen-bond acceptors (Lipinski definition) is 0. The van der Waals surface area contributed by atoms with Gasteiger partial charge in [0.2, 0.25) is 0 Å². The van der Waals surface area contributed by atoms with Gasteiger partial charge in [0.25, 0.3) is 0 Å². The van der Waals surface area contributed by atoms with E-state index in [9.17, 15) is 0 Å². The summed E-state index contributed by atoms with van der Waals surface area (Å²) in [7, 11) is 0.0676. The van der Waals surface area contributed by atoms with Crippen LogP contribution in [-0.4, -0.2) is 32.9 Å². The molecule has 2 heteroatoms. The van der Waals surface area contributed by atoms with Gasteiger partial charge in [-0.15, -0.1) is 0 Å². The maximum Gasteiger partial charge on any atom is -0.0175 e. The van der Waals surface area contributed by atoms with Crippen molar-refractivity contribution in [2.75, 3.05) is 12.3 Å². The number of rotatable bonds is 4. The van der Waals surface area contributed by atoms with Crippen molar-refractivity contribution in [3.05, 3.63) is 0 Å². The minimum atomic E-state index is 0.0338. The topological polar surface area (TPSA) is 0 Å². The van der Waals surface area contributed by atoms with Crippen LogP contribution in [0.25, 0.3) is 0 Å². The first-order chi connectivity index (χ1) is 11.4. The first kappa shape index (κ1) is 24.9. The molecule has 0 heterocycles. The van der Waals surface area contributed by atoms with E-state index in [-0.39, 0.29) is 15.8 Å². The fraction of sp³-hybridized carbons (Fsp3) is 1.00. The van der Waals surface area contributed by atoms with Crippen LogP contribution in [0.4, 0.5) is 0 Å². The van der Waals surface area contributed by atoms with Gasteiger partial charge >= 0.3 is 0 Å². The van der Waals surface area contributed by atoms with E-state index in [4.69, 9.17) is 0 Å². The fourth-order valence-corrected chi connectivity index (χ4v) is 13.5. The van der Waals surface area contributed by atoms with Crippen molar-refractivity contribution < 1.29 is 0 Å². The predicted molar refractivity (Wildman–Crippen MR) is 128 cm³/mol. The summed E-state index contributed by atoms with van der Waals surface area (Å²) >= 11 is 0. The van der Waals surface area contributed by atoms with Gasteiger partial charge in [0, 0.05) is 0 Å². The second-order valence-corrected chi connectivity index (χ2v) is 20.5. The summed E-state index contributed by atoms with van der Waals surface area (Å²) in [5.41, 5.74) is 0. The highest BCUT2D eigenvalue weighted by Crippen LogP contribution is 2.64. The van der Waals surface area contributed by atoms with Gasteiger partial charge in [0.1, 0.15) is 0 Å². The Morgan fingerprint density at radius 3 is 0.923 bits per heavy atom. The van der Waals surface area contributed by atoms with Crippen LogP contribution >= 0.6 is 15.8 Å². The van der Waals surface area contributed by atoms with E-state index in [2.05, 4.69) is 83.1 Å². The molecule has 0 aromatic heterocycles. The van der Waals surface area contributed by atoms with Gasteiger partial charge in [-0.25, -0.2) is 0 Å². The molecular formula is C24H50P2. The normalized spacial score (nSPS) is 23.8. The average molecular weight is 401 g/mol. The highest BCUT2D eigenvalue weighted by Gasteiger charge is 2.41. The molecule has 0 saturated heterocycles.